The van der Waals surface area contributed by atoms with Crippen LogP contribution < -0.4 is 0 Å². The molecule has 1 saturated heterocycles. The van der Waals surface area contributed by atoms with Gasteiger partial charge in [0.05, 0.1) is 27.3 Å². The number of piperidine rings is 1. The second-order valence-corrected chi connectivity index (χ2v) is 10.9. The van der Waals surface area contributed by atoms with Crippen LogP contribution in [-0.4, -0.2) is 38.2 Å². The van der Waals surface area contributed by atoms with E-state index in [1.807, 2.05) is 17.0 Å². The van der Waals surface area contributed by atoms with Crippen LogP contribution in [0.25, 0.3) is 11.1 Å². The van der Waals surface area contributed by atoms with Gasteiger partial charge in [0.2, 0.25) is 0 Å². The number of hydrogen-bond donors (Lipinski definition) is 0. The van der Waals surface area contributed by atoms with Crippen molar-refractivity contribution in [3.63, 3.8) is 0 Å². The van der Waals surface area contributed by atoms with Crippen molar-refractivity contribution in [2.24, 2.45) is 0 Å². The molecule has 35 heavy (non-hydrogen) atoms. The molecule has 0 amide bonds. The van der Waals surface area contributed by atoms with Crippen molar-refractivity contribution in [3.05, 3.63) is 89.5 Å². The average molecular weight is 499 g/mol. The zero-order valence-electron chi connectivity index (χ0n) is 19.0. The summed E-state index contributed by atoms with van der Waals surface area (Å²) in [6, 6.07) is 21.5. The Labute approximate surface area is 203 Å². The number of hydrogen-bond acceptors (Lipinski definition) is 4. The molecule has 0 spiro atoms. The minimum Gasteiger partial charge on any atom is -0.303 e. The molecule has 1 aliphatic heterocycles. The molecule has 1 fully saturated rings. The first-order chi connectivity index (χ1) is 16.7. The monoisotopic (exact) mass is 498 g/mol. The Bertz CT molecular complexity index is 1300. The lowest BCUT2D eigenvalue weighted by Crippen LogP contribution is -2.40. The Hall–Kier alpha value is -3.15. The number of alkyl halides is 3. The van der Waals surface area contributed by atoms with Gasteiger partial charge in [0, 0.05) is 6.54 Å². The molecule has 0 bridgehead atoms. The maximum atomic E-state index is 13.2. The van der Waals surface area contributed by atoms with Crippen molar-refractivity contribution in [1.82, 2.24) is 4.90 Å². The van der Waals surface area contributed by atoms with Crippen molar-refractivity contribution in [2.45, 2.75) is 35.6 Å². The second kappa shape index (κ2) is 10.2. The molecule has 8 heteroatoms. The number of halogens is 3. The molecule has 1 heterocycles. The Morgan fingerprint density at radius 2 is 1.46 bits per heavy atom. The highest BCUT2D eigenvalue weighted by Crippen LogP contribution is 2.32. The fraction of sp³-hybridized carbons (Fsp3) is 0.296. The molecule has 3 aromatic carbocycles. The summed E-state index contributed by atoms with van der Waals surface area (Å²) in [7, 11) is -3.51. The third-order valence-corrected chi connectivity index (χ3v) is 8.80. The molecule has 4 rings (SSSR count). The van der Waals surface area contributed by atoms with Crippen molar-refractivity contribution < 1.29 is 21.6 Å². The van der Waals surface area contributed by atoms with Crippen molar-refractivity contribution in [1.29, 1.82) is 5.26 Å². The van der Waals surface area contributed by atoms with E-state index in [4.69, 9.17) is 5.26 Å². The normalized spacial score (nSPS) is 15.6. The van der Waals surface area contributed by atoms with Crippen LogP contribution in [0.15, 0.2) is 77.7 Å². The summed E-state index contributed by atoms with van der Waals surface area (Å²) in [5.74, 6) is 0. The lowest BCUT2D eigenvalue weighted by molar-refractivity contribution is -0.138. The Kier molecular flexibility index (Phi) is 7.29. The predicted octanol–water partition coefficient (Wildman–Crippen LogP) is 5.72. The molecule has 0 unspecified atom stereocenters. The Morgan fingerprint density at radius 3 is 2.03 bits per heavy atom. The van der Waals surface area contributed by atoms with E-state index in [2.05, 4.69) is 6.07 Å². The minimum atomic E-state index is -4.38. The van der Waals surface area contributed by atoms with Crippen LogP contribution in [0.1, 0.15) is 29.5 Å². The SMILES string of the molecule is N#Cc1ccc(-c2ccc(S(=O)(=O)C3CCN(CCc4ccccc4C(F)(F)F)CC3)cc2)cc1. The third kappa shape index (κ3) is 5.75. The van der Waals surface area contributed by atoms with Crippen LogP contribution in [0.5, 0.6) is 0 Å². The van der Waals surface area contributed by atoms with E-state index in [1.165, 1.54) is 12.1 Å². The second-order valence-electron chi connectivity index (χ2n) is 8.70. The largest absolute Gasteiger partial charge is 0.416 e. The van der Waals surface area contributed by atoms with Gasteiger partial charge in [0.1, 0.15) is 0 Å². The van der Waals surface area contributed by atoms with E-state index < -0.39 is 26.8 Å². The molecule has 0 atom stereocenters. The molecule has 0 radical (unpaired) electrons. The number of benzene rings is 3. The van der Waals surface area contributed by atoms with E-state index in [-0.39, 0.29) is 16.9 Å². The van der Waals surface area contributed by atoms with Gasteiger partial charge >= 0.3 is 6.18 Å². The summed E-state index contributed by atoms with van der Waals surface area (Å²) in [5.41, 5.74) is 1.97. The van der Waals surface area contributed by atoms with Crippen LogP contribution in [0, 0.1) is 11.3 Å². The van der Waals surface area contributed by atoms with Crippen LogP contribution in [0.2, 0.25) is 0 Å². The average Bonchev–Trinajstić information content (AvgIpc) is 2.87. The van der Waals surface area contributed by atoms with Gasteiger partial charge in [-0.3, -0.25) is 0 Å². The standard InChI is InChI=1S/C27H25F3N2O2S/c28-27(29,30)26-4-2-1-3-23(26)13-16-32-17-14-25(15-18-32)35(33,34)24-11-9-22(10-12-24)21-7-5-20(19-31)6-8-21/h1-12,25H,13-18H2. The number of nitriles is 1. The summed E-state index contributed by atoms with van der Waals surface area (Å²) in [6.07, 6.45) is -3.22. The van der Waals surface area contributed by atoms with E-state index in [0.717, 1.165) is 17.2 Å². The number of sulfone groups is 1. The molecular formula is C27H25F3N2O2S. The zero-order chi connectivity index (χ0) is 25.1. The van der Waals surface area contributed by atoms with Gasteiger partial charge in [-0.05, 0) is 79.4 Å². The van der Waals surface area contributed by atoms with Crippen LogP contribution in [0.4, 0.5) is 13.2 Å². The van der Waals surface area contributed by atoms with Crippen LogP contribution >= 0.6 is 0 Å². The van der Waals surface area contributed by atoms with Gasteiger partial charge in [-0.15, -0.1) is 0 Å². The maximum absolute atomic E-state index is 13.2. The highest BCUT2D eigenvalue weighted by atomic mass is 32.2. The van der Waals surface area contributed by atoms with Crippen LogP contribution in [-0.2, 0) is 22.4 Å². The molecular weight excluding hydrogens is 473 g/mol. The summed E-state index contributed by atoms with van der Waals surface area (Å²) in [5, 5.41) is 8.41. The van der Waals surface area contributed by atoms with Gasteiger partial charge in [-0.25, -0.2) is 8.42 Å². The van der Waals surface area contributed by atoms with E-state index >= 15 is 0 Å². The highest BCUT2D eigenvalue weighted by molar-refractivity contribution is 7.92. The van der Waals surface area contributed by atoms with Gasteiger partial charge in [0.25, 0.3) is 0 Å². The first-order valence-electron chi connectivity index (χ1n) is 11.4. The number of rotatable bonds is 6. The lowest BCUT2D eigenvalue weighted by atomic mass is 10.0. The molecule has 182 valence electrons. The molecule has 4 nitrogen and oxygen atoms in total. The summed E-state index contributed by atoms with van der Waals surface area (Å²) in [4.78, 5) is 2.31. The molecule has 0 N–H and O–H groups in total. The van der Waals surface area contributed by atoms with E-state index in [1.54, 1.807) is 42.5 Å². The van der Waals surface area contributed by atoms with E-state index in [9.17, 15) is 21.6 Å². The topological polar surface area (TPSA) is 61.2 Å². The Balaban J connectivity index is 1.36. The molecule has 0 saturated carbocycles. The molecule has 1 aliphatic rings. The van der Waals surface area contributed by atoms with Crippen LogP contribution in [0.3, 0.4) is 0 Å². The highest BCUT2D eigenvalue weighted by Gasteiger charge is 2.34. The smallest absolute Gasteiger partial charge is 0.303 e. The lowest BCUT2D eigenvalue weighted by Gasteiger charge is -2.32. The van der Waals surface area contributed by atoms with Gasteiger partial charge in [0.15, 0.2) is 9.84 Å². The van der Waals surface area contributed by atoms with Crippen molar-refractivity contribution >= 4 is 9.84 Å². The quantitative estimate of drug-likeness (QED) is 0.436. The Morgan fingerprint density at radius 1 is 0.886 bits per heavy atom. The fourth-order valence-corrected chi connectivity index (χ4v) is 6.24. The zero-order valence-corrected chi connectivity index (χ0v) is 19.8. The number of likely N-dealkylation sites (tertiary alicyclic amines) is 1. The van der Waals surface area contributed by atoms with Gasteiger partial charge < -0.3 is 4.90 Å². The number of nitrogens with zero attached hydrogens (tertiary/aromatic N) is 2. The maximum Gasteiger partial charge on any atom is 0.416 e. The predicted molar refractivity (Wildman–Crippen MR) is 128 cm³/mol. The summed E-state index contributed by atoms with van der Waals surface area (Å²) >= 11 is 0. The minimum absolute atomic E-state index is 0.261. The molecule has 0 aromatic heterocycles. The summed E-state index contributed by atoms with van der Waals surface area (Å²) < 4.78 is 66.0. The molecule has 0 aliphatic carbocycles. The van der Waals surface area contributed by atoms with Crippen molar-refractivity contribution in [2.75, 3.05) is 19.6 Å². The van der Waals surface area contributed by atoms with Gasteiger partial charge in [-0.2, -0.15) is 18.4 Å². The van der Waals surface area contributed by atoms with E-state index in [0.29, 0.717) is 38.0 Å². The first kappa shape index (κ1) is 25.0. The van der Waals surface area contributed by atoms with Crippen molar-refractivity contribution in [3.8, 4) is 17.2 Å². The first-order valence-corrected chi connectivity index (χ1v) is 12.9. The van der Waals surface area contributed by atoms with Gasteiger partial charge in [-0.1, -0.05) is 42.5 Å². The summed E-state index contributed by atoms with van der Waals surface area (Å²) in [6.45, 7) is 1.52. The third-order valence-electron chi connectivity index (χ3n) is 6.52. The fourth-order valence-electron chi connectivity index (χ4n) is 4.50. The molecule has 3 aromatic rings.